The van der Waals surface area contributed by atoms with Crippen molar-refractivity contribution < 1.29 is 22.8 Å². The highest BCUT2D eigenvalue weighted by molar-refractivity contribution is 7.84. The van der Waals surface area contributed by atoms with E-state index in [0.29, 0.717) is 52.7 Å². The van der Waals surface area contributed by atoms with Crippen molar-refractivity contribution in [1.29, 1.82) is 0 Å². The fourth-order valence-corrected chi connectivity index (χ4v) is 6.69. The van der Waals surface area contributed by atoms with Gasteiger partial charge in [-0.2, -0.15) is 0 Å². The fourth-order valence-electron chi connectivity index (χ4n) is 5.56. The van der Waals surface area contributed by atoms with E-state index in [2.05, 4.69) is 5.10 Å². The Balaban J connectivity index is 1.30. The zero-order chi connectivity index (χ0) is 28.8. The minimum absolute atomic E-state index is 0.000845. The molecule has 0 radical (unpaired) electrons. The number of nitrogens with zero attached hydrogens (tertiary/aromatic N) is 3. The van der Waals surface area contributed by atoms with Crippen molar-refractivity contribution in [2.24, 2.45) is 5.92 Å². The molecule has 11 heteroatoms. The maximum atomic E-state index is 13.5. The number of aromatic nitrogens is 2. The van der Waals surface area contributed by atoms with E-state index < -0.39 is 23.3 Å². The highest BCUT2D eigenvalue weighted by Gasteiger charge is 2.40. The Morgan fingerprint density at radius 2 is 1.82 bits per heavy atom. The van der Waals surface area contributed by atoms with Gasteiger partial charge in [-0.15, -0.1) is 5.10 Å². The predicted molar refractivity (Wildman–Crippen MR) is 153 cm³/mol. The number of amides is 1. The van der Waals surface area contributed by atoms with E-state index >= 15 is 0 Å². The number of halogens is 3. The van der Waals surface area contributed by atoms with Gasteiger partial charge in [0.2, 0.25) is 5.91 Å². The smallest absolute Gasteiger partial charge is 0.338 e. The molecular formula is C29H30Cl2FN3O4S. The molecule has 0 spiro atoms. The molecule has 5 rings (SSSR count). The second-order valence-corrected chi connectivity index (χ2v) is 12.8. The standard InChI is InChI=1S/C29H30Cl2FN3O4S/c1-29(2,3)39-28(37)18-9-7-17(8-10-18)20-14-23(30)21(24(31)15-20)13-19-11-12-34(27(19)36)25-5-4-6-26-22(25)16-33-35(26)40(32)38/h7-10,14-16,19,25H,4-6,11-13H2,1-3H3/t19-,25?,40?/m0/s1. The maximum Gasteiger partial charge on any atom is 0.338 e. The molecule has 2 unspecified atom stereocenters. The van der Waals surface area contributed by atoms with Crippen LogP contribution in [0, 0.1) is 5.92 Å². The van der Waals surface area contributed by atoms with Gasteiger partial charge in [-0.25, -0.2) is 4.79 Å². The molecule has 2 heterocycles. The number of hydrogen-bond acceptors (Lipinski definition) is 5. The molecular weight excluding hydrogens is 576 g/mol. The van der Waals surface area contributed by atoms with Gasteiger partial charge >= 0.3 is 17.7 Å². The lowest BCUT2D eigenvalue weighted by molar-refractivity contribution is -0.133. The summed E-state index contributed by atoms with van der Waals surface area (Å²) in [5.41, 5.74) is 3.58. The third kappa shape index (κ3) is 5.88. The van der Waals surface area contributed by atoms with Crippen molar-refractivity contribution in [2.45, 2.75) is 64.5 Å². The lowest BCUT2D eigenvalue weighted by Gasteiger charge is -2.31. The van der Waals surface area contributed by atoms with Crippen molar-refractivity contribution >= 4 is 46.8 Å². The second kappa shape index (κ2) is 11.4. The normalized spacial score (nSPS) is 20.0. The highest BCUT2D eigenvalue weighted by Crippen LogP contribution is 2.40. The second-order valence-electron chi connectivity index (χ2n) is 11.3. The van der Waals surface area contributed by atoms with Crippen LogP contribution in [0.4, 0.5) is 3.89 Å². The maximum absolute atomic E-state index is 13.5. The Bertz CT molecular complexity index is 1420. The number of carbonyl (C=O) groups excluding carboxylic acids is 2. The molecule has 1 aliphatic carbocycles. The van der Waals surface area contributed by atoms with E-state index in [9.17, 15) is 18.0 Å². The summed E-state index contributed by atoms with van der Waals surface area (Å²) in [7, 11) is 0. The number of likely N-dealkylation sites (tertiary alicyclic amines) is 1. The summed E-state index contributed by atoms with van der Waals surface area (Å²) in [6.07, 6.45) is 4.66. The molecule has 2 aromatic carbocycles. The van der Waals surface area contributed by atoms with Crippen molar-refractivity contribution in [3.63, 3.8) is 0 Å². The molecule has 1 amide bonds. The SMILES string of the molecule is CC(C)(C)OC(=O)c1ccc(-c2cc(Cl)c(C[C@@H]3CCN(C4CCCc5c4cnn5[S+]([O-])F)C3=O)c(Cl)c2)cc1. The van der Waals surface area contributed by atoms with Gasteiger partial charge in [-0.1, -0.05) is 35.3 Å². The van der Waals surface area contributed by atoms with Gasteiger partial charge in [0.1, 0.15) is 5.60 Å². The summed E-state index contributed by atoms with van der Waals surface area (Å²) in [6, 6.07) is 10.5. The monoisotopic (exact) mass is 605 g/mol. The van der Waals surface area contributed by atoms with Crippen LogP contribution in [0.2, 0.25) is 10.0 Å². The van der Waals surface area contributed by atoms with E-state index in [1.54, 1.807) is 12.1 Å². The van der Waals surface area contributed by atoms with Crippen LogP contribution in [0.3, 0.4) is 0 Å². The van der Waals surface area contributed by atoms with Gasteiger partial charge in [-0.3, -0.25) is 4.79 Å². The molecule has 40 heavy (non-hydrogen) atoms. The minimum Gasteiger partial charge on any atom is -0.554 e. The first-order valence-corrected chi connectivity index (χ1v) is 15.0. The Morgan fingerprint density at radius 1 is 1.15 bits per heavy atom. The first-order valence-electron chi connectivity index (χ1n) is 13.2. The first-order chi connectivity index (χ1) is 18.9. The summed E-state index contributed by atoms with van der Waals surface area (Å²) >= 11 is 10.7. The third-order valence-electron chi connectivity index (χ3n) is 7.42. The summed E-state index contributed by atoms with van der Waals surface area (Å²) < 4.78 is 31.3. The van der Waals surface area contributed by atoms with Crippen LogP contribution in [-0.2, 0) is 34.1 Å². The molecule has 1 aromatic heterocycles. The average Bonchev–Trinajstić information content (AvgIpc) is 3.49. The van der Waals surface area contributed by atoms with Crippen LogP contribution in [0.1, 0.15) is 73.3 Å². The highest BCUT2D eigenvalue weighted by atomic mass is 35.5. The van der Waals surface area contributed by atoms with E-state index in [1.165, 1.54) is 6.20 Å². The van der Waals surface area contributed by atoms with Crippen molar-refractivity contribution in [3.05, 3.63) is 75.0 Å². The molecule has 3 aromatic rings. The number of fused-ring (bicyclic) bond motifs is 1. The van der Waals surface area contributed by atoms with Gasteiger partial charge in [-0.05, 0) is 97.9 Å². The fraction of sp³-hybridized carbons (Fsp3) is 0.414. The van der Waals surface area contributed by atoms with E-state index in [4.69, 9.17) is 27.9 Å². The average molecular weight is 607 g/mol. The van der Waals surface area contributed by atoms with Crippen molar-refractivity contribution in [3.8, 4) is 11.1 Å². The molecule has 0 bridgehead atoms. The summed E-state index contributed by atoms with van der Waals surface area (Å²) in [4.78, 5) is 27.7. The molecule has 3 atom stereocenters. The lowest BCUT2D eigenvalue weighted by Crippen LogP contribution is -2.34. The van der Waals surface area contributed by atoms with E-state index in [-0.39, 0.29) is 17.9 Å². The number of rotatable bonds is 6. The zero-order valence-corrected chi connectivity index (χ0v) is 24.8. The third-order valence-corrected chi connectivity index (χ3v) is 8.68. The molecule has 1 aliphatic heterocycles. The number of carbonyl (C=O) groups is 2. The summed E-state index contributed by atoms with van der Waals surface area (Å²) in [5, 5.41) is 4.90. The van der Waals surface area contributed by atoms with Crippen LogP contribution in [-0.4, -0.2) is 42.7 Å². The van der Waals surface area contributed by atoms with Gasteiger partial charge in [0, 0.05) is 28.1 Å². The zero-order valence-electron chi connectivity index (χ0n) is 22.5. The van der Waals surface area contributed by atoms with Gasteiger partial charge in [0.05, 0.1) is 27.4 Å². The van der Waals surface area contributed by atoms with Crippen LogP contribution in [0.25, 0.3) is 11.1 Å². The molecule has 212 valence electrons. The van der Waals surface area contributed by atoms with Crippen LogP contribution < -0.4 is 0 Å². The Kier molecular flexibility index (Phi) is 8.21. The van der Waals surface area contributed by atoms with Gasteiger partial charge in [0.25, 0.3) is 0 Å². The van der Waals surface area contributed by atoms with Crippen LogP contribution >= 0.6 is 23.2 Å². The predicted octanol–water partition coefficient (Wildman–Crippen LogP) is 6.68. The van der Waals surface area contributed by atoms with Crippen molar-refractivity contribution in [1.82, 2.24) is 14.1 Å². The van der Waals surface area contributed by atoms with Crippen LogP contribution in [0.5, 0.6) is 0 Å². The van der Waals surface area contributed by atoms with Gasteiger partial charge in [0.15, 0.2) is 0 Å². The molecule has 1 fully saturated rings. The lowest BCUT2D eigenvalue weighted by atomic mass is 9.91. The number of ether oxygens (including phenoxy) is 1. The van der Waals surface area contributed by atoms with Crippen molar-refractivity contribution in [2.75, 3.05) is 6.54 Å². The molecule has 0 saturated carbocycles. The van der Waals surface area contributed by atoms with E-state index in [0.717, 1.165) is 33.6 Å². The Labute approximate surface area is 246 Å². The topological polar surface area (TPSA) is 87.5 Å². The number of benzene rings is 2. The summed E-state index contributed by atoms with van der Waals surface area (Å²) in [6.45, 7) is 6.03. The minimum atomic E-state index is -2.72. The molecule has 1 saturated heterocycles. The van der Waals surface area contributed by atoms with Crippen LogP contribution in [0.15, 0.2) is 42.6 Å². The molecule has 0 N–H and O–H groups in total. The number of hydrogen-bond donors (Lipinski definition) is 0. The first kappa shape index (κ1) is 28.9. The van der Waals surface area contributed by atoms with Gasteiger partial charge < -0.3 is 14.2 Å². The Hall–Kier alpha value is -2.59. The largest absolute Gasteiger partial charge is 0.554 e. The quantitative estimate of drug-likeness (QED) is 0.231. The molecule has 2 aliphatic rings. The van der Waals surface area contributed by atoms with E-state index in [1.807, 2.05) is 49.9 Å². The number of esters is 1. The summed E-state index contributed by atoms with van der Waals surface area (Å²) in [5.74, 6) is -0.679. The molecule has 7 nitrogen and oxygen atoms in total. The Morgan fingerprint density at radius 3 is 2.45 bits per heavy atom.